The van der Waals surface area contributed by atoms with E-state index in [1.807, 2.05) is 0 Å². The van der Waals surface area contributed by atoms with E-state index in [1.165, 1.54) is 4.90 Å². The summed E-state index contributed by atoms with van der Waals surface area (Å²) in [4.78, 5) is 12.4. The summed E-state index contributed by atoms with van der Waals surface area (Å²) < 4.78 is 11.0. The van der Waals surface area contributed by atoms with Gasteiger partial charge in [-0.3, -0.25) is 4.90 Å². The molecule has 0 aromatic carbocycles. The van der Waals surface area contributed by atoms with Gasteiger partial charge in [-0.05, 0) is 26.7 Å². The van der Waals surface area contributed by atoms with Gasteiger partial charge in [0.1, 0.15) is 12.5 Å². The van der Waals surface area contributed by atoms with Gasteiger partial charge in [0.15, 0.2) is 0 Å². The first kappa shape index (κ1) is 17.2. The highest BCUT2D eigenvalue weighted by Crippen LogP contribution is 2.10. The quantitative estimate of drug-likeness (QED) is 0.484. The summed E-state index contributed by atoms with van der Waals surface area (Å²) in [7, 11) is 0. The van der Waals surface area contributed by atoms with Crippen molar-refractivity contribution in [3.63, 3.8) is 0 Å². The summed E-state index contributed by atoms with van der Waals surface area (Å²) >= 11 is 0. The molecule has 0 aromatic heterocycles. The van der Waals surface area contributed by atoms with Gasteiger partial charge in [-0.15, -0.1) is 0 Å². The summed E-state index contributed by atoms with van der Waals surface area (Å²) in [5.41, 5.74) is 0. The number of nitrogens with zero attached hydrogens (tertiary/aromatic N) is 1. The van der Waals surface area contributed by atoms with Crippen molar-refractivity contribution in [2.24, 2.45) is 0 Å². The standard InChI is InChI=1S/C13H27NO4/c1-5-7-9-17-11(3)14(13(15)16)12(4)18-10-8-6-2/h11-12H,5-10H2,1-4H3,(H,15,16). The van der Waals surface area contributed by atoms with Crippen molar-refractivity contribution in [3.05, 3.63) is 0 Å². The Morgan fingerprint density at radius 1 is 1.06 bits per heavy atom. The number of hydrogen-bond acceptors (Lipinski definition) is 3. The average molecular weight is 261 g/mol. The number of rotatable bonds is 10. The molecule has 0 rings (SSSR count). The van der Waals surface area contributed by atoms with Crippen LogP contribution in [-0.2, 0) is 9.47 Å². The Hall–Kier alpha value is -0.810. The van der Waals surface area contributed by atoms with Gasteiger partial charge < -0.3 is 14.6 Å². The molecule has 2 unspecified atom stereocenters. The van der Waals surface area contributed by atoms with Crippen LogP contribution in [0.3, 0.4) is 0 Å². The number of amides is 1. The zero-order chi connectivity index (χ0) is 14.0. The van der Waals surface area contributed by atoms with E-state index in [-0.39, 0.29) is 0 Å². The molecule has 0 aliphatic rings. The van der Waals surface area contributed by atoms with E-state index in [9.17, 15) is 9.90 Å². The van der Waals surface area contributed by atoms with Crippen molar-refractivity contribution in [1.82, 2.24) is 4.90 Å². The van der Waals surface area contributed by atoms with Gasteiger partial charge in [-0.1, -0.05) is 26.7 Å². The van der Waals surface area contributed by atoms with Gasteiger partial charge in [-0.2, -0.15) is 0 Å². The summed E-state index contributed by atoms with van der Waals surface area (Å²) in [5.74, 6) is 0. The van der Waals surface area contributed by atoms with Gasteiger partial charge in [0.25, 0.3) is 0 Å². The number of hydrogen-bond donors (Lipinski definition) is 1. The lowest BCUT2D eigenvalue weighted by Crippen LogP contribution is -2.46. The lowest BCUT2D eigenvalue weighted by molar-refractivity contribution is -0.123. The third-order valence-corrected chi connectivity index (χ3v) is 2.72. The topological polar surface area (TPSA) is 59.0 Å². The predicted octanol–water partition coefficient (Wildman–Crippen LogP) is 3.29. The molecular formula is C13H27NO4. The highest BCUT2D eigenvalue weighted by Gasteiger charge is 2.25. The number of carbonyl (C=O) groups is 1. The summed E-state index contributed by atoms with van der Waals surface area (Å²) in [6.07, 6.45) is 1.95. The molecule has 1 N–H and O–H groups in total. The van der Waals surface area contributed by atoms with Crippen LogP contribution in [0.2, 0.25) is 0 Å². The minimum atomic E-state index is -1.01. The maximum atomic E-state index is 11.2. The molecule has 0 radical (unpaired) electrons. The minimum Gasteiger partial charge on any atom is -0.465 e. The maximum absolute atomic E-state index is 11.2. The molecule has 0 saturated heterocycles. The van der Waals surface area contributed by atoms with Gasteiger partial charge in [-0.25, -0.2) is 4.79 Å². The Labute approximate surface area is 110 Å². The second kappa shape index (κ2) is 10.1. The van der Waals surface area contributed by atoms with E-state index >= 15 is 0 Å². The Balaban J connectivity index is 4.21. The Kier molecular flexibility index (Phi) is 9.69. The zero-order valence-corrected chi connectivity index (χ0v) is 12.0. The average Bonchev–Trinajstić information content (AvgIpc) is 2.29. The van der Waals surface area contributed by atoms with Crippen LogP contribution < -0.4 is 0 Å². The van der Waals surface area contributed by atoms with Crippen LogP contribution in [0.1, 0.15) is 53.4 Å². The molecule has 0 spiro atoms. The van der Waals surface area contributed by atoms with Crippen LogP contribution in [0, 0.1) is 0 Å². The highest BCUT2D eigenvalue weighted by atomic mass is 16.5. The summed E-state index contributed by atoms with van der Waals surface area (Å²) in [6.45, 7) is 8.76. The van der Waals surface area contributed by atoms with Gasteiger partial charge >= 0.3 is 6.09 Å². The molecule has 0 bridgehead atoms. The number of carboxylic acid groups (broad SMARTS) is 1. The molecule has 0 fully saturated rings. The van der Waals surface area contributed by atoms with Crippen LogP contribution in [0.5, 0.6) is 0 Å². The minimum absolute atomic E-state index is 0.481. The van der Waals surface area contributed by atoms with Gasteiger partial charge in [0.2, 0.25) is 0 Å². The van der Waals surface area contributed by atoms with E-state index in [0.29, 0.717) is 13.2 Å². The van der Waals surface area contributed by atoms with E-state index in [4.69, 9.17) is 9.47 Å². The molecule has 0 aliphatic heterocycles. The fourth-order valence-electron chi connectivity index (χ4n) is 1.56. The lowest BCUT2D eigenvalue weighted by atomic mass is 10.3. The molecule has 5 nitrogen and oxygen atoms in total. The van der Waals surface area contributed by atoms with Crippen LogP contribution in [0.4, 0.5) is 4.79 Å². The van der Waals surface area contributed by atoms with E-state index in [0.717, 1.165) is 25.7 Å². The van der Waals surface area contributed by atoms with Gasteiger partial charge in [0, 0.05) is 13.2 Å². The first-order valence-corrected chi connectivity index (χ1v) is 6.79. The van der Waals surface area contributed by atoms with Crippen LogP contribution in [-0.4, -0.2) is 41.8 Å². The van der Waals surface area contributed by atoms with Crippen molar-refractivity contribution < 1.29 is 19.4 Å². The summed E-state index contributed by atoms with van der Waals surface area (Å²) in [5, 5.41) is 9.19. The van der Waals surface area contributed by atoms with Crippen molar-refractivity contribution in [1.29, 1.82) is 0 Å². The van der Waals surface area contributed by atoms with Crippen LogP contribution >= 0.6 is 0 Å². The van der Waals surface area contributed by atoms with Crippen LogP contribution in [0.15, 0.2) is 0 Å². The molecule has 2 atom stereocenters. The van der Waals surface area contributed by atoms with Crippen molar-refractivity contribution >= 4 is 6.09 Å². The molecule has 0 heterocycles. The Morgan fingerprint density at radius 2 is 1.44 bits per heavy atom. The highest BCUT2D eigenvalue weighted by molar-refractivity contribution is 5.65. The molecule has 0 saturated carbocycles. The van der Waals surface area contributed by atoms with Gasteiger partial charge in [0.05, 0.1) is 0 Å². The normalized spacial score (nSPS) is 14.2. The third kappa shape index (κ3) is 6.81. The Bertz CT molecular complexity index is 207. The molecule has 0 aliphatic carbocycles. The number of ether oxygens (including phenoxy) is 2. The van der Waals surface area contributed by atoms with Crippen molar-refractivity contribution in [3.8, 4) is 0 Å². The second-order valence-electron chi connectivity index (χ2n) is 4.34. The maximum Gasteiger partial charge on any atom is 0.411 e. The zero-order valence-electron chi connectivity index (χ0n) is 12.0. The lowest BCUT2D eigenvalue weighted by Gasteiger charge is -2.31. The molecule has 108 valence electrons. The smallest absolute Gasteiger partial charge is 0.411 e. The molecule has 18 heavy (non-hydrogen) atoms. The molecule has 5 heteroatoms. The SMILES string of the molecule is CCCCOC(C)N(C(=O)O)C(C)OCCCC. The second-order valence-corrected chi connectivity index (χ2v) is 4.34. The van der Waals surface area contributed by atoms with Crippen molar-refractivity contribution in [2.45, 2.75) is 65.8 Å². The predicted molar refractivity (Wildman–Crippen MR) is 70.5 cm³/mol. The third-order valence-electron chi connectivity index (χ3n) is 2.72. The van der Waals surface area contributed by atoms with Crippen LogP contribution in [0.25, 0.3) is 0 Å². The van der Waals surface area contributed by atoms with E-state index in [1.54, 1.807) is 13.8 Å². The van der Waals surface area contributed by atoms with E-state index < -0.39 is 18.5 Å². The van der Waals surface area contributed by atoms with Crippen molar-refractivity contribution in [2.75, 3.05) is 13.2 Å². The Morgan fingerprint density at radius 3 is 1.72 bits per heavy atom. The number of unbranched alkanes of at least 4 members (excludes halogenated alkanes) is 2. The fourth-order valence-corrected chi connectivity index (χ4v) is 1.56. The first-order valence-electron chi connectivity index (χ1n) is 6.79. The molecule has 0 aromatic rings. The summed E-state index contributed by atoms with van der Waals surface area (Å²) in [6, 6.07) is 0. The fraction of sp³-hybridized carbons (Fsp3) is 0.923. The molecule has 1 amide bonds. The molecular weight excluding hydrogens is 234 g/mol. The largest absolute Gasteiger partial charge is 0.465 e. The first-order chi connectivity index (χ1) is 8.54. The monoisotopic (exact) mass is 261 g/mol. The van der Waals surface area contributed by atoms with E-state index in [2.05, 4.69) is 13.8 Å².